The van der Waals surface area contributed by atoms with Crippen molar-refractivity contribution >= 4 is 39.9 Å². The molecule has 0 aromatic heterocycles. The predicted octanol–water partition coefficient (Wildman–Crippen LogP) is 2.63. The van der Waals surface area contributed by atoms with Crippen LogP contribution in [-0.4, -0.2) is 43.0 Å². The van der Waals surface area contributed by atoms with Gasteiger partial charge >= 0.3 is 0 Å². The number of carbonyl (C=O) groups excluding carboxylic acids is 1. The van der Waals surface area contributed by atoms with Gasteiger partial charge in [0, 0.05) is 43.1 Å². The first-order valence-electron chi connectivity index (χ1n) is 6.76. The lowest BCUT2D eigenvalue weighted by Gasteiger charge is -2.33. The first kappa shape index (κ1) is 18.4. The highest BCUT2D eigenvalue weighted by Crippen LogP contribution is 2.19. The lowest BCUT2D eigenvalue weighted by atomic mass is 10.2. The Morgan fingerprint density at radius 1 is 1.57 bits per heavy atom. The predicted molar refractivity (Wildman–Crippen MR) is 88.5 cm³/mol. The molecule has 1 aliphatic heterocycles. The monoisotopic (exact) mass is 379 g/mol. The standard InChI is InChI=1S/C14H19BrFN3O.ClH/c1-10-9-17-5-7-19(10)6-4-14(20)18-13-3-2-11(15)8-12(13)16;/h2-3,8,10,17H,4-7,9H2,1H3,(H,18,20);1H/t10-;/m0./s1. The number of piperazine rings is 1. The molecule has 4 nitrogen and oxygen atoms in total. The zero-order valence-corrected chi connectivity index (χ0v) is 14.3. The number of nitrogens with one attached hydrogen (secondary N) is 2. The van der Waals surface area contributed by atoms with Gasteiger partial charge in [0.05, 0.1) is 5.69 Å². The second kappa shape index (κ2) is 8.68. The third-order valence-corrected chi connectivity index (χ3v) is 3.96. The van der Waals surface area contributed by atoms with Crippen molar-refractivity contribution in [2.75, 3.05) is 31.5 Å². The molecule has 2 rings (SSSR count). The van der Waals surface area contributed by atoms with E-state index in [0.29, 0.717) is 23.5 Å². The van der Waals surface area contributed by atoms with Crippen molar-refractivity contribution in [1.29, 1.82) is 0 Å². The molecule has 0 saturated carbocycles. The Morgan fingerprint density at radius 3 is 3.00 bits per heavy atom. The van der Waals surface area contributed by atoms with Gasteiger partial charge in [-0.3, -0.25) is 9.69 Å². The maximum atomic E-state index is 13.6. The Balaban J connectivity index is 0.00000220. The summed E-state index contributed by atoms with van der Waals surface area (Å²) in [4.78, 5) is 14.1. The van der Waals surface area contributed by atoms with Crippen molar-refractivity contribution in [2.24, 2.45) is 0 Å². The number of nitrogens with zero attached hydrogens (tertiary/aromatic N) is 1. The van der Waals surface area contributed by atoms with Gasteiger partial charge < -0.3 is 10.6 Å². The maximum Gasteiger partial charge on any atom is 0.225 e. The van der Waals surface area contributed by atoms with Crippen molar-refractivity contribution < 1.29 is 9.18 Å². The van der Waals surface area contributed by atoms with E-state index in [-0.39, 0.29) is 24.0 Å². The quantitative estimate of drug-likeness (QED) is 0.844. The van der Waals surface area contributed by atoms with E-state index in [4.69, 9.17) is 0 Å². The number of benzene rings is 1. The summed E-state index contributed by atoms with van der Waals surface area (Å²) in [6.45, 7) is 5.68. The summed E-state index contributed by atoms with van der Waals surface area (Å²) in [6.07, 6.45) is 0.375. The molecular weight excluding hydrogens is 361 g/mol. The lowest BCUT2D eigenvalue weighted by molar-refractivity contribution is -0.116. The van der Waals surface area contributed by atoms with Gasteiger partial charge in [-0.1, -0.05) is 15.9 Å². The second-order valence-electron chi connectivity index (χ2n) is 5.01. The van der Waals surface area contributed by atoms with Crippen LogP contribution in [0.5, 0.6) is 0 Å². The molecule has 1 amide bonds. The van der Waals surface area contributed by atoms with Crippen LogP contribution in [0.15, 0.2) is 22.7 Å². The molecule has 1 aromatic rings. The molecule has 1 aromatic carbocycles. The zero-order chi connectivity index (χ0) is 14.5. The topological polar surface area (TPSA) is 44.4 Å². The van der Waals surface area contributed by atoms with Gasteiger partial charge in [0.2, 0.25) is 5.91 Å². The fraction of sp³-hybridized carbons (Fsp3) is 0.500. The van der Waals surface area contributed by atoms with E-state index < -0.39 is 5.82 Å². The number of rotatable bonds is 4. The molecule has 1 aliphatic rings. The fourth-order valence-corrected chi connectivity index (χ4v) is 2.60. The lowest BCUT2D eigenvalue weighted by Crippen LogP contribution is -2.50. The van der Waals surface area contributed by atoms with Gasteiger partial charge in [0.1, 0.15) is 5.82 Å². The van der Waals surface area contributed by atoms with Crippen LogP contribution in [0.25, 0.3) is 0 Å². The molecule has 0 unspecified atom stereocenters. The maximum absolute atomic E-state index is 13.6. The summed E-state index contributed by atoms with van der Waals surface area (Å²) < 4.78 is 14.3. The normalized spacial score (nSPS) is 18.9. The molecule has 0 bridgehead atoms. The number of amides is 1. The second-order valence-corrected chi connectivity index (χ2v) is 5.93. The highest BCUT2D eigenvalue weighted by molar-refractivity contribution is 9.10. The van der Waals surface area contributed by atoms with Crippen molar-refractivity contribution in [2.45, 2.75) is 19.4 Å². The molecule has 0 radical (unpaired) electrons. The first-order valence-corrected chi connectivity index (χ1v) is 7.55. The van der Waals surface area contributed by atoms with E-state index in [1.54, 1.807) is 12.1 Å². The van der Waals surface area contributed by atoms with E-state index in [2.05, 4.69) is 38.4 Å². The van der Waals surface area contributed by atoms with Crippen LogP contribution in [0, 0.1) is 5.82 Å². The molecule has 7 heteroatoms. The number of halogens is 3. The number of carbonyl (C=O) groups is 1. The Morgan fingerprint density at radius 2 is 2.33 bits per heavy atom. The van der Waals surface area contributed by atoms with E-state index in [1.165, 1.54) is 6.07 Å². The molecule has 1 atom stereocenters. The van der Waals surface area contributed by atoms with Gasteiger partial charge in [0.25, 0.3) is 0 Å². The Hall–Kier alpha value is -0.690. The van der Waals surface area contributed by atoms with Crippen LogP contribution in [0.1, 0.15) is 13.3 Å². The molecule has 1 fully saturated rings. The molecule has 0 spiro atoms. The summed E-state index contributed by atoms with van der Waals surface area (Å²) in [5.74, 6) is -0.583. The average molecular weight is 381 g/mol. The van der Waals surface area contributed by atoms with E-state index in [0.717, 1.165) is 19.6 Å². The van der Waals surface area contributed by atoms with Crippen LogP contribution in [0.3, 0.4) is 0 Å². The van der Waals surface area contributed by atoms with Crippen LogP contribution in [0.2, 0.25) is 0 Å². The third-order valence-electron chi connectivity index (χ3n) is 3.47. The van der Waals surface area contributed by atoms with Gasteiger partial charge in [-0.2, -0.15) is 0 Å². The van der Waals surface area contributed by atoms with Crippen LogP contribution >= 0.6 is 28.3 Å². The van der Waals surface area contributed by atoms with Crippen molar-refractivity contribution in [3.8, 4) is 0 Å². The SMILES string of the molecule is C[C@H]1CNCCN1CCC(=O)Nc1ccc(Br)cc1F.Cl. The number of anilines is 1. The minimum absolute atomic E-state index is 0. The first-order chi connectivity index (χ1) is 9.56. The third kappa shape index (κ3) is 5.54. The summed E-state index contributed by atoms with van der Waals surface area (Å²) in [5, 5.41) is 5.92. The summed E-state index contributed by atoms with van der Waals surface area (Å²) >= 11 is 3.19. The van der Waals surface area contributed by atoms with E-state index in [9.17, 15) is 9.18 Å². The Bertz CT molecular complexity index is 489. The molecule has 21 heavy (non-hydrogen) atoms. The van der Waals surface area contributed by atoms with Crippen LogP contribution in [-0.2, 0) is 4.79 Å². The number of hydrogen-bond donors (Lipinski definition) is 2. The van der Waals surface area contributed by atoms with Crippen molar-refractivity contribution in [3.63, 3.8) is 0 Å². The van der Waals surface area contributed by atoms with Crippen LogP contribution in [0.4, 0.5) is 10.1 Å². The fourth-order valence-electron chi connectivity index (χ4n) is 2.26. The van der Waals surface area contributed by atoms with Gasteiger partial charge in [-0.15, -0.1) is 12.4 Å². The molecule has 2 N–H and O–H groups in total. The average Bonchev–Trinajstić information content (AvgIpc) is 2.41. The molecule has 1 saturated heterocycles. The van der Waals surface area contributed by atoms with E-state index in [1.807, 2.05) is 0 Å². The minimum atomic E-state index is -0.428. The van der Waals surface area contributed by atoms with Gasteiger partial charge in [-0.05, 0) is 25.1 Å². The highest BCUT2D eigenvalue weighted by Gasteiger charge is 2.18. The zero-order valence-electron chi connectivity index (χ0n) is 11.9. The highest BCUT2D eigenvalue weighted by atomic mass is 79.9. The van der Waals surface area contributed by atoms with Crippen molar-refractivity contribution in [3.05, 3.63) is 28.5 Å². The molecular formula is C14H20BrClFN3O. The van der Waals surface area contributed by atoms with Gasteiger partial charge in [0.15, 0.2) is 0 Å². The summed E-state index contributed by atoms with van der Waals surface area (Å²) in [7, 11) is 0. The summed E-state index contributed by atoms with van der Waals surface area (Å²) in [6, 6.07) is 5.04. The molecule has 1 heterocycles. The smallest absolute Gasteiger partial charge is 0.225 e. The Kier molecular flexibility index (Phi) is 7.59. The minimum Gasteiger partial charge on any atom is -0.324 e. The van der Waals surface area contributed by atoms with Gasteiger partial charge in [-0.25, -0.2) is 4.39 Å². The van der Waals surface area contributed by atoms with Crippen LogP contribution < -0.4 is 10.6 Å². The molecule has 118 valence electrons. The molecule has 0 aliphatic carbocycles. The number of hydrogen-bond acceptors (Lipinski definition) is 3. The largest absolute Gasteiger partial charge is 0.324 e. The van der Waals surface area contributed by atoms with Crippen molar-refractivity contribution in [1.82, 2.24) is 10.2 Å². The Labute approximate surface area is 139 Å². The summed E-state index contributed by atoms with van der Waals surface area (Å²) in [5.41, 5.74) is 0.228. The van der Waals surface area contributed by atoms with E-state index >= 15 is 0 Å².